The molecule has 1 rings (SSSR count). The Hall–Kier alpha value is -0.875. The molecule has 0 spiro atoms. The molecule has 19 heavy (non-hydrogen) atoms. The van der Waals surface area contributed by atoms with Crippen LogP contribution in [0.1, 0.15) is 45.4 Å². The van der Waals surface area contributed by atoms with Crippen molar-refractivity contribution in [2.24, 2.45) is 0 Å². The molecule has 0 radical (unpaired) electrons. The maximum Gasteiger partial charge on any atom is 0.673 e. The maximum atomic E-state index is 9.75. The fourth-order valence-electron chi connectivity index (χ4n) is 1.83. The Morgan fingerprint density at radius 1 is 0.947 bits per heavy atom. The summed E-state index contributed by atoms with van der Waals surface area (Å²) in [6, 6.07) is 0. The van der Waals surface area contributed by atoms with Crippen LogP contribution in [0.15, 0.2) is 12.4 Å². The van der Waals surface area contributed by atoms with Gasteiger partial charge >= 0.3 is 7.25 Å². The third-order valence-electron chi connectivity index (χ3n) is 2.74. The molecule has 7 heteroatoms. The Bertz CT molecular complexity index is 240. The van der Waals surface area contributed by atoms with E-state index in [1.54, 1.807) is 0 Å². The third kappa shape index (κ3) is 15.1. The fraction of sp³-hybridized carbons (Fsp3) is 0.833. The summed E-state index contributed by atoms with van der Waals surface area (Å²) in [5, 5.41) is 0. The van der Waals surface area contributed by atoms with Crippen LogP contribution in [0.2, 0.25) is 0 Å². The SMILES string of the molecule is CCCCCCCCN1C=CN(C)C1.F[B-](F)(F)F. The van der Waals surface area contributed by atoms with E-state index in [0.29, 0.717) is 0 Å². The van der Waals surface area contributed by atoms with Gasteiger partial charge in [0.2, 0.25) is 0 Å². The minimum absolute atomic E-state index is 1.08. The van der Waals surface area contributed by atoms with Gasteiger partial charge in [0.25, 0.3) is 0 Å². The highest BCUT2D eigenvalue weighted by Crippen LogP contribution is 2.09. The Kier molecular flexibility index (Phi) is 9.52. The van der Waals surface area contributed by atoms with Gasteiger partial charge in [0, 0.05) is 26.0 Å². The molecule has 0 saturated heterocycles. The zero-order chi connectivity index (χ0) is 14.7. The van der Waals surface area contributed by atoms with Crippen molar-refractivity contribution in [1.82, 2.24) is 9.80 Å². The molecule has 0 aromatic carbocycles. The first-order valence-corrected chi connectivity index (χ1v) is 6.83. The first-order valence-electron chi connectivity index (χ1n) is 6.83. The fourth-order valence-corrected chi connectivity index (χ4v) is 1.83. The largest absolute Gasteiger partial charge is 0.673 e. The first-order chi connectivity index (χ1) is 8.83. The number of unbranched alkanes of at least 4 members (excludes halogenated alkanes) is 5. The van der Waals surface area contributed by atoms with E-state index in [9.17, 15) is 17.3 Å². The van der Waals surface area contributed by atoms with Gasteiger partial charge in [-0.2, -0.15) is 0 Å². The van der Waals surface area contributed by atoms with Gasteiger partial charge in [0.1, 0.15) is 0 Å². The van der Waals surface area contributed by atoms with Gasteiger partial charge in [0.05, 0.1) is 6.67 Å². The minimum Gasteiger partial charge on any atom is -0.418 e. The summed E-state index contributed by atoms with van der Waals surface area (Å²) in [5.41, 5.74) is 0. The summed E-state index contributed by atoms with van der Waals surface area (Å²) in [5.74, 6) is 0. The second-order valence-electron chi connectivity index (χ2n) is 4.77. The van der Waals surface area contributed by atoms with Crippen molar-refractivity contribution >= 4 is 7.25 Å². The molecule has 0 N–H and O–H groups in total. The van der Waals surface area contributed by atoms with Gasteiger partial charge in [-0.05, 0) is 6.42 Å². The zero-order valence-electron chi connectivity index (χ0n) is 11.8. The normalized spacial score (nSPS) is 14.6. The second kappa shape index (κ2) is 9.98. The average Bonchev–Trinajstić information content (AvgIpc) is 2.67. The highest BCUT2D eigenvalue weighted by molar-refractivity contribution is 6.50. The van der Waals surface area contributed by atoms with Crippen molar-refractivity contribution in [3.63, 3.8) is 0 Å². The van der Waals surface area contributed by atoms with Crippen molar-refractivity contribution < 1.29 is 17.3 Å². The second-order valence-corrected chi connectivity index (χ2v) is 4.77. The number of hydrogen-bond acceptors (Lipinski definition) is 2. The topological polar surface area (TPSA) is 6.48 Å². The molecule has 0 fully saturated rings. The summed E-state index contributed by atoms with van der Waals surface area (Å²) in [7, 11) is -3.88. The highest BCUT2D eigenvalue weighted by Gasteiger charge is 2.20. The molecule has 0 aromatic rings. The van der Waals surface area contributed by atoms with E-state index in [1.807, 2.05) is 0 Å². The van der Waals surface area contributed by atoms with E-state index in [-0.39, 0.29) is 0 Å². The average molecular weight is 283 g/mol. The molecule has 0 saturated carbocycles. The molecule has 2 nitrogen and oxygen atoms in total. The van der Waals surface area contributed by atoms with E-state index in [4.69, 9.17) is 0 Å². The predicted molar refractivity (Wildman–Crippen MR) is 72.0 cm³/mol. The maximum absolute atomic E-state index is 9.75. The lowest BCUT2D eigenvalue weighted by molar-refractivity contribution is 0.290. The summed E-state index contributed by atoms with van der Waals surface area (Å²) in [6.07, 6.45) is 12.7. The van der Waals surface area contributed by atoms with Crippen molar-refractivity contribution in [2.45, 2.75) is 45.4 Å². The monoisotopic (exact) mass is 283 g/mol. The first kappa shape index (κ1) is 18.1. The van der Waals surface area contributed by atoms with Crippen LogP contribution in [0.3, 0.4) is 0 Å². The standard InChI is InChI=1S/C12H24N2.BF4/c1-3-4-5-6-7-8-9-14-11-10-13(2)12-14;2-1(3,4)5/h10-11H,3-9,12H2,1-2H3;/q;-1. The van der Waals surface area contributed by atoms with E-state index >= 15 is 0 Å². The molecule has 0 unspecified atom stereocenters. The molecule has 1 heterocycles. The molecule has 0 aliphatic carbocycles. The highest BCUT2D eigenvalue weighted by atomic mass is 19.5. The minimum atomic E-state index is -6.00. The Morgan fingerprint density at radius 3 is 1.95 bits per heavy atom. The number of hydrogen-bond donors (Lipinski definition) is 0. The molecule has 0 atom stereocenters. The molecule has 0 aromatic heterocycles. The van der Waals surface area contributed by atoms with Crippen LogP contribution in [0, 0.1) is 0 Å². The Labute approximate surface area is 113 Å². The van der Waals surface area contributed by atoms with Crippen molar-refractivity contribution in [2.75, 3.05) is 20.3 Å². The van der Waals surface area contributed by atoms with Gasteiger partial charge < -0.3 is 27.1 Å². The lowest BCUT2D eigenvalue weighted by Crippen LogP contribution is -2.23. The zero-order valence-corrected chi connectivity index (χ0v) is 11.8. The summed E-state index contributed by atoms with van der Waals surface area (Å²) >= 11 is 0. The van der Waals surface area contributed by atoms with Crippen molar-refractivity contribution in [3.8, 4) is 0 Å². The molecule has 1 aliphatic heterocycles. The Morgan fingerprint density at radius 2 is 1.47 bits per heavy atom. The van der Waals surface area contributed by atoms with Gasteiger partial charge in [-0.15, -0.1) is 0 Å². The van der Waals surface area contributed by atoms with Crippen molar-refractivity contribution in [3.05, 3.63) is 12.4 Å². The third-order valence-corrected chi connectivity index (χ3v) is 2.74. The van der Waals surface area contributed by atoms with E-state index in [2.05, 4.69) is 36.2 Å². The predicted octanol–water partition coefficient (Wildman–Crippen LogP) is 4.32. The van der Waals surface area contributed by atoms with Gasteiger partial charge in [-0.1, -0.05) is 39.0 Å². The van der Waals surface area contributed by atoms with Crippen LogP contribution in [-0.4, -0.2) is 37.3 Å². The van der Waals surface area contributed by atoms with E-state index in [1.165, 1.54) is 45.1 Å². The number of rotatable bonds is 7. The number of nitrogens with zero attached hydrogens (tertiary/aromatic N) is 2. The van der Waals surface area contributed by atoms with Gasteiger partial charge in [0.15, 0.2) is 0 Å². The van der Waals surface area contributed by atoms with Crippen LogP contribution in [-0.2, 0) is 0 Å². The molecule has 0 amide bonds. The summed E-state index contributed by atoms with van der Waals surface area (Å²) < 4.78 is 39.0. The molecule has 0 bridgehead atoms. The van der Waals surface area contributed by atoms with Gasteiger partial charge in [-0.3, -0.25) is 0 Å². The van der Waals surface area contributed by atoms with Crippen LogP contribution < -0.4 is 0 Å². The van der Waals surface area contributed by atoms with Crippen LogP contribution in [0.4, 0.5) is 17.3 Å². The smallest absolute Gasteiger partial charge is 0.418 e. The van der Waals surface area contributed by atoms with Crippen LogP contribution >= 0.6 is 0 Å². The lowest BCUT2D eigenvalue weighted by Gasteiger charge is -2.17. The summed E-state index contributed by atoms with van der Waals surface area (Å²) in [6.45, 7) is 4.58. The Balaban J connectivity index is 0.000000555. The van der Waals surface area contributed by atoms with Crippen molar-refractivity contribution in [1.29, 1.82) is 0 Å². The van der Waals surface area contributed by atoms with Gasteiger partial charge in [-0.25, -0.2) is 0 Å². The molecular formula is C12H24BF4N2-. The molecule has 1 aliphatic rings. The summed E-state index contributed by atoms with van der Waals surface area (Å²) in [4.78, 5) is 4.61. The number of halogens is 4. The van der Waals surface area contributed by atoms with E-state index in [0.717, 1.165) is 6.67 Å². The van der Waals surface area contributed by atoms with E-state index < -0.39 is 7.25 Å². The molecular weight excluding hydrogens is 259 g/mol. The van der Waals surface area contributed by atoms with Crippen LogP contribution in [0.25, 0.3) is 0 Å². The lowest BCUT2D eigenvalue weighted by atomic mass is 10.1. The van der Waals surface area contributed by atoms with Crippen LogP contribution in [0.5, 0.6) is 0 Å². The quantitative estimate of drug-likeness (QED) is 0.390. The molecule has 114 valence electrons.